The molecular formula is C34H50O. The van der Waals surface area contributed by atoms with Crippen LogP contribution in [0.25, 0.3) is 5.57 Å². The van der Waals surface area contributed by atoms with Crippen LogP contribution in [0.2, 0.25) is 0 Å². The molecule has 0 aliphatic carbocycles. The normalized spacial score (nSPS) is 10.9. The van der Waals surface area contributed by atoms with Crippen LogP contribution >= 0.6 is 0 Å². The number of carbonyl (C=O) groups is 1. The van der Waals surface area contributed by atoms with Gasteiger partial charge in [-0.05, 0) is 62.3 Å². The quantitative estimate of drug-likeness (QED) is 0.197. The zero-order valence-electron chi connectivity index (χ0n) is 23.9. The van der Waals surface area contributed by atoms with Crippen LogP contribution in [-0.4, -0.2) is 5.78 Å². The van der Waals surface area contributed by atoms with E-state index < -0.39 is 0 Å². The van der Waals surface area contributed by atoms with Crippen molar-refractivity contribution in [2.45, 2.75) is 74.7 Å². The summed E-state index contributed by atoms with van der Waals surface area (Å²) in [5.41, 5.74) is 6.31. The van der Waals surface area contributed by atoms with E-state index in [4.69, 9.17) is 0 Å². The van der Waals surface area contributed by atoms with Crippen LogP contribution in [0.15, 0.2) is 116 Å². The van der Waals surface area contributed by atoms with Crippen LogP contribution in [0.5, 0.6) is 0 Å². The van der Waals surface area contributed by atoms with Gasteiger partial charge in [0, 0.05) is 5.57 Å². The number of carbonyl (C=O) groups excluding carboxylic acids is 1. The number of ketones is 1. The Morgan fingerprint density at radius 1 is 0.943 bits per heavy atom. The molecular weight excluding hydrogens is 424 g/mol. The Morgan fingerprint density at radius 2 is 1.46 bits per heavy atom. The van der Waals surface area contributed by atoms with Gasteiger partial charge >= 0.3 is 0 Å². The molecule has 1 rings (SSSR count). The highest BCUT2D eigenvalue weighted by molar-refractivity contribution is 5.96. The first kappa shape index (κ1) is 36.4. The lowest BCUT2D eigenvalue weighted by Gasteiger charge is -2.07. The van der Waals surface area contributed by atoms with Crippen molar-refractivity contribution in [3.63, 3.8) is 0 Å². The molecule has 0 aliphatic rings. The number of benzene rings is 1. The maximum absolute atomic E-state index is 11.0. The summed E-state index contributed by atoms with van der Waals surface area (Å²) in [6.07, 6.45) is 16.4. The summed E-state index contributed by atoms with van der Waals surface area (Å²) >= 11 is 0. The molecule has 35 heavy (non-hydrogen) atoms. The van der Waals surface area contributed by atoms with Crippen molar-refractivity contribution in [3.8, 4) is 0 Å². The van der Waals surface area contributed by atoms with Crippen molar-refractivity contribution >= 4 is 11.4 Å². The van der Waals surface area contributed by atoms with Gasteiger partial charge in [-0.3, -0.25) is 4.79 Å². The number of hydrogen-bond acceptors (Lipinski definition) is 1. The molecule has 0 atom stereocenters. The number of allylic oxidation sites excluding steroid dienone is 12. The summed E-state index contributed by atoms with van der Waals surface area (Å²) in [6.45, 7) is 32.4. The lowest BCUT2D eigenvalue weighted by atomic mass is 9.98. The summed E-state index contributed by atoms with van der Waals surface area (Å²) in [4.78, 5) is 11.0. The molecule has 0 saturated carbocycles. The van der Waals surface area contributed by atoms with Gasteiger partial charge in [-0.15, -0.1) is 6.58 Å². The molecule has 0 unspecified atom stereocenters. The molecule has 0 fully saturated rings. The lowest BCUT2D eigenvalue weighted by molar-refractivity contribution is -0.113. The molecule has 0 amide bonds. The monoisotopic (exact) mass is 474 g/mol. The minimum atomic E-state index is 0.0632. The molecule has 0 saturated heterocycles. The minimum Gasteiger partial charge on any atom is -0.295 e. The third-order valence-electron chi connectivity index (χ3n) is 4.47. The fourth-order valence-corrected chi connectivity index (χ4v) is 2.43. The SMILES string of the molecule is C=C(C)C(=C)/C=C\C(=C/C)C(C)=O.C=C/C=C(\C=C/CC)c1ccc(C(C)C)cc1.C=CC.CC. The maximum Gasteiger partial charge on any atom is 0.159 e. The smallest absolute Gasteiger partial charge is 0.159 e. The highest BCUT2D eigenvalue weighted by atomic mass is 16.1. The van der Waals surface area contributed by atoms with Gasteiger partial charge in [0.25, 0.3) is 0 Å². The summed E-state index contributed by atoms with van der Waals surface area (Å²) in [6, 6.07) is 8.78. The Balaban J connectivity index is -0.000000506. The van der Waals surface area contributed by atoms with E-state index in [0.29, 0.717) is 11.5 Å². The molecule has 192 valence electrons. The van der Waals surface area contributed by atoms with Crippen molar-refractivity contribution in [3.05, 3.63) is 127 Å². The predicted molar refractivity (Wildman–Crippen MR) is 163 cm³/mol. The predicted octanol–water partition coefficient (Wildman–Crippen LogP) is 10.8. The molecule has 0 N–H and O–H groups in total. The van der Waals surface area contributed by atoms with E-state index in [1.807, 2.05) is 40.7 Å². The average Bonchev–Trinajstić information content (AvgIpc) is 2.84. The van der Waals surface area contributed by atoms with Crippen molar-refractivity contribution in [1.82, 2.24) is 0 Å². The Labute approximate surface area is 217 Å². The standard InChI is InChI=1S/C17H22.C12H16O.C3H6.C2H6/c1-5-7-9-16(8-6-2)17-12-10-15(11-13-17)14(3)4;1-6-12(11(5)13)8-7-10(4)9(2)3;1-3-2;1-2/h6-14H,2,5H2,1,3-4H3;6-8H,2,4H2,1,3,5H3;3H,1H2,2H3;1-2H3/b9-7-,16-8+;8-7-,12-6+;;. The number of hydrogen-bond donors (Lipinski definition) is 0. The largest absolute Gasteiger partial charge is 0.295 e. The van der Waals surface area contributed by atoms with Gasteiger partial charge in [-0.25, -0.2) is 0 Å². The topological polar surface area (TPSA) is 17.1 Å². The second-order valence-electron chi connectivity index (χ2n) is 7.79. The zero-order valence-corrected chi connectivity index (χ0v) is 23.9. The Kier molecular flexibility index (Phi) is 24.9. The van der Waals surface area contributed by atoms with E-state index in [-0.39, 0.29) is 5.78 Å². The molecule has 0 aromatic heterocycles. The van der Waals surface area contributed by atoms with Crippen LogP contribution in [-0.2, 0) is 4.79 Å². The summed E-state index contributed by atoms with van der Waals surface area (Å²) < 4.78 is 0. The van der Waals surface area contributed by atoms with Crippen molar-refractivity contribution < 1.29 is 4.79 Å². The highest BCUT2D eigenvalue weighted by Crippen LogP contribution is 2.20. The second kappa shape index (κ2) is 24.0. The van der Waals surface area contributed by atoms with Crippen molar-refractivity contribution in [1.29, 1.82) is 0 Å². The van der Waals surface area contributed by atoms with E-state index >= 15 is 0 Å². The van der Waals surface area contributed by atoms with Crippen LogP contribution in [0.4, 0.5) is 0 Å². The van der Waals surface area contributed by atoms with E-state index in [0.717, 1.165) is 17.6 Å². The van der Waals surface area contributed by atoms with Gasteiger partial charge in [0.2, 0.25) is 0 Å². The molecule has 0 spiro atoms. The van der Waals surface area contributed by atoms with Gasteiger partial charge in [0.1, 0.15) is 0 Å². The van der Waals surface area contributed by atoms with Crippen LogP contribution in [0.3, 0.4) is 0 Å². The fraction of sp³-hybridized carbons (Fsp3) is 0.324. The van der Waals surface area contributed by atoms with Crippen LogP contribution < -0.4 is 0 Å². The Bertz CT molecular complexity index is 881. The number of rotatable bonds is 9. The first-order chi connectivity index (χ1) is 16.6. The third-order valence-corrected chi connectivity index (χ3v) is 4.47. The molecule has 0 radical (unpaired) electrons. The first-order valence-electron chi connectivity index (χ1n) is 12.5. The van der Waals surface area contributed by atoms with Crippen LogP contribution in [0.1, 0.15) is 85.8 Å². The molecule has 1 nitrogen and oxygen atoms in total. The molecule has 0 bridgehead atoms. The summed E-state index contributed by atoms with van der Waals surface area (Å²) in [5, 5.41) is 0. The van der Waals surface area contributed by atoms with E-state index in [1.165, 1.54) is 16.7 Å². The van der Waals surface area contributed by atoms with Crippen molar-refractivity contribution in [2.75, 3.05) is 0 Å². The zero-order chi connectivity index (χ0) is 27.8. The molecule has 1 aromatic rings. The molecule has 1 aromatic carbocycles. The lowest BCUT2D eigenvalue weighted by Crippen LogP contribution is -1.92. The van der Waals surface area contributed by atoms with Crippen molar-refractivity contribution in [2.24, 2.45) is 0 Å². The van der Waals surface area contributed by atoms with E-state index in [9.17, 15) is 4.79 Å². The number of Topliss-reactive ketones (excluding diaryl/α,β-unsaturated/α-hetero) is 1. The van der Waals surface area contributed by atoms with E-state index in [2.05, 4.69) is 89.6 Å². The fourth-order valence-electron chi connectivity index (χ4n) is 2.43. The average molecular weight is 475 g/mol. The Hall–Kier alpha value is -3.19. The molecule has 0 aliphatic heterocycles. The minimum absolute atomic E-state index is 0.0632. The van der Waals surface area contributed by atoms with E-state index in [1.54, 1.807) is 31.2 Å². The summed E-state index contributed by atoms with van der Waals surface area (Å²) in [5.74, 6) is 0.648. The third kappa shape index (κ3) is 18.9. The van der Waals surface area contributed by atoms with Crippen LogP contribution in [0, 0.1) is 0 Å². The molecule has 1 heteroatoms. The van der Waals surface area contributed by atoms with Gasteiger partial charge < -0.3 is 0 Å². The van der Waals surface area contributed by atoms with Gasteiger partial charge in [0.05, 0.1) is 0 Å². The molecule has 0 heterocycles. The highest BCUT2D eigenvalue weighted by Gasteiger charge is 2.00. The first-order valence-corrected chi connectivity index (χ1v) is 12.5. The van der Waals surface area contributed by atoms with Gasteiger partial charge in [-0.1, -0.05) is 133 Å². The second-order valence-corrected chi connectivity index (χ2v) is 7.79. The summed E-state index contributed by atoms with van der Waals surface area (Å²) in [7, 11) is 0. The van der Waals surface area contributed by atoms with Gasteiger partial charge in [-0.2, -0.15) is 0 Å². The van der Waals surface area contributed by atoms with Gasteiger partial charge in [0.15, 0.2) is 5.78 Å². The maximum atomic E-state index is 11.0. The Morgan fingerprint density at radius 3 is 1.80 bits per heavy atom.